The maximum atomic E-state index is 11.5. The van der Waals surface area contributed by atoms with E-state index in [2.05, 4.69) is 30.7 Å². The van der Waals surface area contributed by atoms with Gasteiger partial charge in [0.1, 0.15) is 12.1 Å². The van der Waals surface area contributed by atoms with Gasteiger partial charge in [-0.15, -0.1) is 0 Å². The quantitative estimate of drug-likeness (QED) is 0.721. The molecule has 0 atom stereocenters. The normalized spacial score (nSPS) is 10.6. The lowest BCUT2D eigenvalue weighted by Gasteiger charge is -2.06. The zero-order valence-corrected chi connectivity index (χ0v) is 12.0. The lowest BCUT2D eigenvalue weighted by Crippen LogP contribution is -2.29. The minimum Gasteiger partial charge on any atom is -0.360 e. The van der Waals surface area contributed by atoms with Gasteiger partial charge in [-0.2, -0.15) is 9.78 Å². The number of fused-ring (bicyclic) bond motifs is 1. The molecule has 8 heteroatoms. The van der Waals surface area contributed by atoms with Gasteiger partial charge in [-0.05, 0) is 19.1 Å². The number of aromatic nitrogens is 5. The molecule has 0 aliphatic carbocycles. The summed E-state index contributed by atoms with van der Waals surface area (Å²) in [6, 6.07) is 5.56. The average molecular weight is 297 g/mol. The molecule has 3 aromatic rings. The van der Waals surface area contributed by atoms with Gasteiger partial charge in [-0.25, -0.2) is 15.0 Å². The summed E-state index contributed by atoms with van der Waals surface area (Å²) in [5.74, 6) is 1.15. The van der Waals surface area contributed by atoms with Crippen molar-refractivity contribution < 1.29 is 4.79 Å². The van der Waals surface area contributed by atoms with E-state index in [0.29, 0.717) is 23.8 Å². The Morgan fingerprint density at radius 1 is 1.27 bits per heavy atom. The van der Waals surface area contributed by atoms with Crippen LogP contribution in [0.25, 0.3) is 16.9 Å². The minimum atomic E-state index is -0.0913. The van der Waals surface area contributed by atoms with E-state index >= 15 is 0 Å². The first kappa shape index (κ1) is 13.9. The second-order valence-corrected chi connectivity index (χ2v) is 4.51. The zero-order chi connectivity index (χ0) is 15.4. The largest absolute Gasteiger partial charge is 0.360 e. The van der Waals surface area contributed by atoms with Gasteiger partial charge in [0.15, 0.2) is 11.5 Å². The van der Waals surface area contributed by atoms with Crippen LogP contribution in [0.15, 0.2) is 36.9 Å². The zero-order valence-electron chi connectivity index (χ0n) is 12.0. The van der Waals surface area contributed by atoms with Crippen LogP contribution in [-0.4, -0.2) is 43.7 Å². The number of carbonyl (C=O) groups is 1. The second-order valence-electron chi connectivity index (χ2n) is 4.51. The molecule has 112 valence electrons. The van der Waals surface area contributed by atoms with Gasteiger partial charge in [0.25, 0.3) is 0 Å². The summed E-state index contributed by atoms with van der Waals surface area (Å²) in [7, 11) is 0. The molecular weight excluding hydrogens is 282 g/mol. The summed E-state index contributed by atoms with van der Waals surface area (Å²) < 4.78 is 1.63. The number of nitrogens with zero attached hydrogens (tertiary/aromatic N) is 5. The van der Waals surface area contributed by atoms with Gasteiger partial charge >= 0.3 is 0 Å². The monoisotopic (exact) mass is 297 g/mol. The minimum absolute atomic E-state index is 0.0913. The molecule has 22 heavy (non-hydrogen) atoms. The summed E-state index contributed by atoms with van der Waals surface area (Å²) >= 11 is 0. The van der Waals surface area contributed by atoms with Crippen LogP contribution in [-0.2, 0) is 4.79 Å². The number of nitrogens with one attached hydrogen (secondary N) is 2. The number of likely N-dealkylation sites (N-methyl/N-ethyl adjacent to an activating group) is 1. The van der Waals surface area contributed by atoms with E-state index in [1.165, 1.54) is 6.33 Å². The topological polar surface area (TPSA) is 97.6 Å². The molecule has 0 aliphatic heterocycles. The molecule has 0 saturated heterocycles. The van der Waals surface area contributed by atoms with Gasteiger partial charge < -0.3 is 10.6 Å². The number of rotatable bonds is 5. The highest BCUT2D eigenvalue weighted by Gasteiger charge is 2.12. The van der Waals surface area contributed by atoms with Crippen molar-refractivity contribution in [2.75, 3.05) is 18.4 Å². The van der Waals surface area contributed by atoms with E-state index in [1.807, 2.05) is 25.1 Å². The van der Waals surface area contributed by atoms with Crippen LogP contribution >= 0.6 is 0 Å². The molecule has 0 aromatic carbocycles. The first-order valence-electron chi connectivity index (χ1n) is 6.90. The highest BCUT2D eigenvalue weighted by molar-refractivity contribution is 5.89. The molecule has 0 fully saturated rings. The molecule has 2 N–H and O–H groups in total. The van der Waals surface area contributed by atoms with Crippen LogP contribution in [0.3, 0.4) is 0 Å². The molecule has 8 nitrogen and oxygen atoms in total. The van der Waals surface area contributed by atoms with Crippen molar-refractivity contribution in [2.45, 2.75) is 6.92 Å². The summed E-state index contributed by atoms with van der Waals surface area (Å²) in [5.41, 5.74) is 0.632. The molecule has 0 bridgehead atoms. The highest BCUT2D eigenvalue weighted by Crippen LogP contribution is 2.20. The van der Waals surface area contributed by atoms with Crippen molar-refractivity contribution >= 4 is 22.8 Å². The average Bonchev–Trinajstić information content (AvgIpc) is 2.98. The third-order valence-corrected chi connectivity index (χ3v) is 3.02. The van der Waals surface area contributed by atoms with Gasteiger partial charge in [0.2, 0.25) is 5.91 Å². The number of amides is 1. The summed E-state index contributed by atoms with van der Waals surface area (Å²) in [5, 5.41) is 10.8. The lowest BCUT2D eigenvalue weighted by molar-refractivity contribution is -0.119. The van der Waals surface area contributed by atoms with E-state index in [1.54, 1.807) is 17.1 Å². The number of hydrogen-bond donors (Lipinski definition) is 2. The van der Waals surface area contributed by atoms with Crippen LogP contribution in [0.1, 0.15) is 6.92 Å². The molecule has 3 rings (SSSR count). The Kier molecular flexibility index (Phi) is 3.90. The van der Waals surface area contributed by atoms with Crippen LogP contribution in [0.4, 0.5) is 5.82 Å². The number of anilines is 1. The van der Waals surface area contributed by atoms with Crippen molar-refractivity contribution in [1.29, 1.82) is 0 Å². The van der Waals surface area contributed by atoms with Crippen LogP contribution in [0.2, 0.25) is 0 Å². The summed E-state index contributed by atoms with van der Waals surface area (Å²) in [6.07, 6.45) is 4.78. The summed E-state index contributed by atoms with van der Waals surface area (Å²) in [6.45, 7) is 2.61. The van der Waals surface area contributed by atoms with Gasteiger partial charge in [0.05, 0.1) is 18.1 Å². The van der Waals surface area contributed by atoms with Crippen molar-refractivity contribution in [2.24, 2.45) is 0 Å². The Labute approximate surface area is 126 Å². The van der Waals surface area contributed by atoms with E-state index < -0.39 is 0 Å². The van der Waals surface area contributed by atoms with Crippen molar-refractivity contribution in [3.8, 4) is 5.82 Å². The second kappa shape index (κ2) is 6.17. The SMILES string of the molecule is CCNC(=O)CNc1ncnc2c1cnn2-c1ccccn1. The molecule has 0 radical (unpaired) electrons. The Hall–Kier alpha value is -3.03. The third kappa shape index (κ3) is 2.71. The highest BCUT2D eigenvalue weighted by atomic mass is 16.1. The Balaban J connectivity index is 1.91. The van der Waals surface area contributed by atoms with Crippen LogP contribution < -0.4 is 10.6 Å². The molecule has 0 aliphatic rings. The fourth-order valence-electron chi connectivity index (χ4n) is 2.06. The first-order chi connectivity index (χ1) is 10.8. The van der Waals surface area contributed by atoms with Gasteiger partial charge in [0, 0.05) is 12.7 Å². The number of carbonyl (C=O) groups excluding carboxylic acids is 1. The number of hydrogen-bond acceptors (Lipinski definition) is 6. The third-order valence-electron chi connectivity index (χ3n) is 3.02. The lowest BCUT2D eigenvalue weighted by atomic mass is 10.4. The Bertz CT molecular complexity index is 784. The van der Waals surface area contributed by atoms with E-state index in [0.717, 1.165) is 5.39 Å². The standard InChI is InChI=1S/C14H15N7O/c1-2-15-12(22)8-17-13-10-7-20-21(14(10)19-9-18-13)11-5-3-4-6-16-11/h3-7,9H,2,8H2,1H3,(H,15,22)(H,17,18,19). The number of pyridine rings is 1. The van der Waals surface area contributed by atoms with Gasteiger partial charge in [-0.3, -0.25) is 4.79 Å². The molecule has 0 spiro atoms. The maximum Gasteiger partial charge on any atom is 0.239 e. The Morgan fingerprint density at radius 2 is 2.18 bits per heavy atom. The fourth-order valence-corrected chi connectivity index (χ4v) is 2.06. The molecule has 1 amide bonds. The molecule has 3 heterocycles. The fraction of sp³-hybridized carbons (Fsp3) is 0.214. The van der Waals surface area contributed by atoms with Crippen molar-refractivity contribution in [3.05, 3.63) is 36.9 Å². The van der Waals surface area contributed by atoms with Crippen molar-refractivity contribution in [1.82, 2.24) is 30.0 Å². The van der Waals surface area contributed by atoms with Crippen LogP contribution in [0.5, 0.6) is 0 Å². The predicted molar refractivity (Wildman–Crippen MR) is 81.6 cm³/mol. The molecule has 0 unspecified atom stereocenters. The van der Waals surface area contributed by atoms with Gasteiger partial charge in [-0.1, -0.05) is 6.07 Å². The summed E-state index contributed by atoms with van der Waals surface area (Å²) in [4.78, 5) is 24.2. The molecule has 0 saturated carbocycles. The maximum absolute atomic E-state index is 11.5. The molecule has 3 aromatic heterocycles. The predicted octanol–water partition coefficient (Wildman–Crippen LogP) is 0.758. The van der Waals surface area contributed by atoms with E-state index in [9.17, 15) is 4.79 Å². The molecular formula is C14H15N7O. The smallest absolute Gasteiger partial charge is 0.239 e. The van der Waals surface area contributed by atoms with E-state index in [-0.39, 0.29) is 12.5 Å². The Morgan fingerprint density at radius 3 is 2.95 bits per heavy atom. The van der Waals surface area contributed by atoms with E-state index in [4.69, 9.17) is 0 Å². The first-order valence-corrected chi connectivity index (χ1v) is 6.90. The van der Waals surface area contributed by atoms with Crippen molar-refractivity contribution in [3.63, 3.8) is 0 Å². The van der Waals surface area contributed by atoms with Crippen LogP contribution in [0, 0.1) is 0 Å².